The summed E-state index contributed by atoms with van der Waals surface area (Å²) < 4.78 is 5.56. The van der Waals surface area contributed by atoms with Crippen LogP contribution in [-0.4, -0.2) is 34.6 Å². The van der Waals surface area contributed by atoms with Crippen LogP contribution in [0.25, 0.3) is 0 Å². The normalized spacial score (nSPS) is 15.8. The molecule has 1 aromatic heterocycles. The van der Waals surface area contributed by atoms with Crippen LogP contribution in [0.4, 0.5) is 5.82 Å². The molecule has 2 N–H and O–H groups in total. The molecule has 0 unspecified atom stereocenters. The molecular weight excluding hydrogens is 268 g/mol. The van der Waals surface area contributed by atoms with Crippen molar-refractivity contribution >= 4 is 11.7 Å². The molecule has 0 aliphatic heterocycles. The minimum Gasteiger partial charge on any atom is -0.472 e. The first-order valence-corrected chi connectivity index (χ1v) is 7.66. The predicted octanol–water partition coefficient (Wildman–Crippen LogP) is 2.12. The Morgan fingerprint density at radius 3 is 2.71 bits per heavy atom. The molecule has 0 bridgehead atoms. The van der Waals surface area contributed by atoms with Crippen molar-refractivity contribution in [2.24, 2.45) is 0 Å². The summed E-state index contributed by atoms with van der Waals surface area (Å²) in [7, 11) is 0. The van der Waals surface area contributed by atoms with E-state index in [0.29, 0.717) is 17.7 Å². The molecule has 1 aliphatic rings. The van der Waals surface area contributed by atoms with Gasteiger partial charge in [-0.05, 0) is 26.7 Å². The second-order valence-electron chi connectivity index (χ2n) is 5.63. The molecule has 21 heavy (non-hydrogen) atoms. The van der Waals surface area contributed by atoms with Gasteiger partial charge in [0.2, 0.25) is 5.91 Å². The number of hydrogen-bond donors (Lipinski definition) is 2. The van der Waals surface area contributed by atoms with E-state index in [-0.39, 0.29) is 18.6 Å². The van der Waals surface area contributed by atoms with Gasteiger partial charge >= 0.3 is 0 Å². The lowest BCUT2D eigenvalue weighted by Gasteiger charge is -2.22. The van der Waals surface area contributed by atoms with Gasteiger partial charge in [0.15, 0.2) is 5.82 Å². The van der Waals surface area contributed by atoms with Gasteiger partial charge in [-0.25, -0.2) is 9.97 Å². The molecule has 0 spiro atoms. The lowest BCUT2D eigenvalue weighted by Crippen LogP contribution is -2.39. The molecule has 1 saturated carbocycles. The van der Waals surface area contributed by atoms with Gasteiger partial charge in [-0.15, -0.1) is 0 Å². The largest absolute Gasteiger partial charge is 0.472 e. The fourth-order valence-corrected chi connectivity index (χ4v) is 2.45. The molecule has 2 rings (SSSR count). The zero-order chi connectivity index (χ0) is 15.1. The molecule has 116 valence electrons. The molecule has 6 heteroatoms. The molecule has 0 atom stereocenters. The highest BCUT2D eigenvalue weighted by Gasteiger charge is 2.16. The zero-order valence-electron chi connectivity index (χ0n) is 12.8. The van der Waals surface area contributed by atoms with Gasteiger partial charge in [0.1, 0.15) is 0 Å². The monoisotopic (exact) mass is 292 g/mol. The summed E-state index contributed by atoms with van der Waals surface area (Å²) in [6.07, 6.45) is 9.01. The van der Waals surface area contributed by atoms with Crippen LogP contribution < -0.4 is 15.4 Å². The van der Waals surface area contributed by atoms with Crippen LogP contribution in [0.2, 0.25) is 0 Å². The van der Waals surface area contributed by atoms with Crippen LogP contribution in [0.3, 0.4) is 0 Å². The molecule has 1 aliphatic carbocycles. The van der Waals surface area contributed by atoms with Crippen LogP contribution in [0.5, 0.6) is 5.88 Å². The maximum Gasteiger partial charge on any atom is 0.257 e. The van der Waals surface area contributed by atoms with Crippen LogP contribution in [0, 0.1) is 0 Å². The summed E-state index contributed by atoms with van der Waals surface area (Å²) in [6.45, 7) is 4.03. The maximum absolute atomic E-state index is 12.0. The number of nitrogens with zero attached hydrogens (tertiary/aromatic N) is 2. The molecule has 1 amide bonds. The lowest BCUT2D eigenvalue weighted by atomic mass is 9.95. The molecule has 0 aromatic carbocycles. The SMILES string of the molecule is CC(C)Oc1nccnc1NCC(=O)NC1CCCCC1. The Bertz CT molecular complexity index is 459. The van der Waals surface area contributed by atoms with E-state index < -0.39 is 0 Å². The van der Waals surface area contributed by atoms with E-state index >= 15 is 0 Å². The fraction of sp³-hybridized carbons (Fsp3) is 0.667. The van der Waals surface area contributed by atoms with E-state index in [9.17, 15) is 4.79 Å². The molecular formula is C15H24N4O2. The Kier molecular flexibility index (Phi) is 5.78. The Morgan fingerprint density at radius 2 is 2.00 bits per heavy atom. The topological polar surface area (TPSA) is 76.1 Å². The maximum atomic E-state index is 12.0. The molecule has 1 fully saturated rings. The quantitative estimate of drug-likeness (QED) is 0.840. The summed E-state index contributed by atoms with van der Waals surface area (Å²) in [5.74, 6) is 0.922. The van der Waals surface area contributed by atoms with E-state index in [0.717, 1.165) is 12.8 Å². The molecule has 1 aromatic rings. The van der Waals surface area contributed by atoms with Crippen molar-refractivity contribution in [3.05, 3.63) is 12.4 Å². The minimum absolute atomic E-state index is 0.0111. The number of amides is 1. The standard InChI is InChI=1S/C15H24N4O2/c1-11(2)21-15-14(16-8-9-17-15)18-10-13(20)19-12-6-4-3-5-7-12/h8-9,11-12H,3-7,10H2,1-2H3,(H,16,18)(H,19,20). The smallest absolute Gasteiger partial charge is 0.257 e. The number of anilines is 1. The van der Waals surface area contributed by atoms with Gasteiger partial charge in [-0.3, -0.25) is 4.79 Å². The highest BCUT2D eigenvalue weighted by molar-refractivity contribution is 5.81. The Balaban J connectivity index is 1.83. The average molecular weight is 292 g/mol. The Labute approximate surface area is 125 Å². The van der Waals surface area contributed by atoms with Crippen LogP contribution in [-0.2, 0) is 4.79 Å². The van der Waals surface area contributed by atoms with E-state index in [4.69, 9.17) is 4.74 Å². The van der Waals surface area contributed by atoms with Gasteiger partial charge in [-0.2, -0.15) is 0 Å². The number of hydrogen-bond acceptors (Lipinski definition) is 5. The van der Waals surface area contributed by atoms with Crippen molar-refractivity contribution in [1.82, 2.24) is 15.3 Å². The Morgan fingerprint density at radius 1 is 1.29 bits per heavy atom. The van der Waals surface area contributed by atoms with Gasteiger partial charge < -0.3 is 15.4 Å². The van der Waals surface area contributed by atoms with Gasteiger partial charge in [0, 0.05) is 18.4 Å². The summed E-state index contributed by atoms with van der Waals surface area (Å²) in [5, 5.41) is 6.06. The highest BCUT2D eigenvalue weighted by Crippen LogP contribution is 2.19. The highest BCUT2D eigenvalue weighted by atomic mass is 16.5. The fourth-order valence-electron chi connectivity index (χ4n) is 2.45. The van der Waals surface area contributed by atoms with Gasteiger partial charge in [-0.1, -0.05) is 19.3 Å². The van der Waals surface area contributed by atoms with Gasteiger partial charge in [0.05, 0.1) is 12.6 Å². The summed E-state index contributed by atoms with van der Waals surface area (Å²) in [4.78, 5) is 20.3. The number of nitrogens with one attached hydrogen (secondary N) is 2. The second-order valence-corrected chi connectivity index (χ2v) is 5.63. The summed E-state index contributed by atoms with van der Waals surface area (Å²) >= 11 is 0. The van der Waals surface area contributed by atoms with Crippen LogP contribution >= 0.6 is 0 Å². The minimum atomic E-state index is -0.0111. The lowest BCUT2D eigenvalue weighted by molar-refractivity contribution is -0.120. The van der Waals surface area contributed by atoms with E-state index in [1.807, 2.05) is 13.8 Å². The van der Waals surface area contributed by atoms with E-state index in [1.54, 1.807) is 12.4 Å². The van der Waals surface area contributed by atoms with Gasteiger partial charge in [0.25, 0.3) is 5.88 Å². The number of ether oxygens (including phenoxy) is 1. The number of rotatable bonds is 6. The second kappa shape index (κ2) is 7.81. The first kappa shape index (κ1) is 15.5. The van der Waals surface area contributed by atoms with Crippen LogP contribution in [0.1, 0.15) is 46.0 Å². The van der Waals surface area contributed by atoms with Crippen molar-refractivity contribution in [3.63, 3.8) is 0 Å². The van der Waals surface area contributed by atoms with Crippen molar-refractivity contribution in [3.8, 4) is 5.88 Å². The summed E-state index contributed by atoms with van der Waals surface area (Å²) in [5.41, 5.74) is 0. The van der Waals surface area contributed by atoms with Crippen molar-refractivity contribution in [2.75, 3.05) is 11.9 Å². The number of carbonyl (C=O) groups excluding carboxylic acids is 1. The van der Waals surface area contributed by atoms with E-state index in [2.05, 4.69) is 20.6 Å². The van der Waals surface area contributed by atoms with E-state index in [1.165, 1.54) is 19.3 Å². The molecule has 6 nitrogen and oxygen atoms in total. The van der Waals surface area contributed by atoms with Crippen molar-refractivity contribution in [1.29, 1.82) is 0 Å². The molecule has 0 saturated heterocycles. The predicted molar refractivity (Wildman–Crippen MR) is 81.3 cm³/mol. The number of aromatic nitrogens is 2. The van der Waals surface area contributed by atoms with Crippen LogP contribution in [0.15, 0.2) is 12.4 Å². The van der Waals surface area contributed by atoms with Crippen molar-refractivity contribution in [2.45, 2.75) is 58.1 Å². The first-order chi connectivity index (χ1) is 10.1. The summed E-state index contributed by atoms with van der Waals surface area (Å²) in [6, 6.07) is 0.321. The average Bonchev–Trinajstić information content (AvgIpc) is 2.47. The molecule has 1 heterocycles. The number of carbonyl (C=O) groups is 1. The van der Waals surface area contributed by atoms with Crippen molar-refractivity contribution < 1.29 is 9.53 Å². The molecule has 0 radical (unpaired) electrons. The zero-order valence-corrected chi connectivity index (χ0v) is 12.8. The Hall–Kier alpha value is -1.85. The third-order valence-corrected chi connectivity index (χ3v) is 3.40. The first-order valence-electron chi connectivity index (χ1n) is 7.66. The third kappa shape index (κ3) is 5.21. The third-order valence-electron chi connectivity index (χ3n) is 3.40.